The third-order valence-electron chi connectivity index (χ3n) is 7.52. The number of rotatable bonds is 9. The van der Waals surface area contributed by atoms with Gasteiger partial charge >= 0.3 is 5.97 Å². The first-order chi connectivity index (χ1) is 15.6. The van der Waals surface area contributed by atoms with Crippen LogP contribution in [-0.4, -0.2) is 20.2 Å². The van der Waals surface area contributed by atoms with Gasteiger partial charge in [0.2, 0.25) is 0 Å². The zero-order valence-electron chi connectivity index (χ0n) is 19.3. The summed E-state index contributed by atoms with van der Waals surface area (Å²) in [6.07, 6.45) is 9.51. The summed E-state index contributed by atoms with van der Waals surface area (Å²) in [6.45, 7) is 0. The smallest absolute Gasteiger partial charge is 0.306 e. The van der Waals surface area contributed by atoms with Gasteiger partial charge in [-0.2, -0.15) is 0 Å². The largest absolute Gasteiger partial charge is 0.497 e. The molecule has 3 nitrogen and oxygen atoms in total. The van der Waals surface area contributed by atoms with Crippen LogP contribution in [0.4, 0.5) is 4.39 Å². The van der Waals surface area contributed by atoms with E-state index in [1.165, 1.54) is 43.6 Å². The maximum absolute atomic E-state index is 14.3. The van der Waals surface area contributed by atoms with Gasteiger partial charge in [-0.25, -0.2) is 4.39 Å². The number of ether oxygens (including phenoxy) is 2. The molecule has 172 valence electrons. The summed E-state index contributed by atoms with van der Waals surface area (Å²) in [6, 6.07) is 13.9. The molecule has 0 radical (unpaired) electrons. The lowest BCUT2D eigenvalue weighted by Gasteiger charge is -2.29. The number of benzene rings is 2. The van der Waals surface area contributed by atoms with Crippen LogP contribution in [0.15, 0.2) is 42.5 Å². The minimum Gasteiger partial charge on any atom is -0.497 e. The molecule has 0 amide bonds. The molecule has 1 unspecified atom stereocenters. The molecule has 2 fully saturated rings. The standard InChI is InChI=1S/C28H35FO3/c1-31-24-14-15-27(29)26(17-24)22-10-8-19(9-11-22)6-7-20-4-3-5-23(16-20)25(21-12-13-21)18-28(30)32-2/h3-5,14-17,19,21-22,25H,6-13,18H2,1-2H3/t19-,22-,25?. The van der Waals surface area contributed by atoms with Crippen LogP contribution >= 0.6 is 0 Å². The van der Waals surface area contributed by atoms with E-state index in [9.17, 15) is 9.18 Å². The van der Waals surface area contributed by atoms with Gasteiger partial charge in [0, 0.05) is 0 Å². The molecule has 0 spiro atoms. The van der Waals surface area contributed by atoms with Crippen LogP contribution in [0.3, 0.4) is 0 Å². The van der Waals surface area contributed by atoms with Gasteiger partial charge in [-0.15, -0.1) is 0 Å². The number of halogens is 1. The Balaban J connectivity index is 1.31. The lowest BCUT2D eigenvalue weighted by atomic mass is 9.76. The van der Waals surface area contributed by atoms with E-state index >= 15 is 0 Å². The normalized spacial score (nSPS) is 21.7. The van der Waals surface area contributed by atoms with Gasteiger partial charge in [-0.1, -0.05) is 24.3 Å². The van der Waals surface area contributed by atoms with Crippen LogP contribution in [0, 0.1) is 17.7 Å². The minimum absolute atomic E-state index is 0.108. The molecule has 2 aliphatic carbocycles. The highest BCUT2D eigenvalue weighted by Gasteiger charge is 2.34. The van der Waals surface area contributed by atoms with Crippen molar-refractivity contribution in [3.63, 3.8) is 0 Å². The molecule has 0 aliphatic heterocycles. The van der Waals surface area contributed by atoms with Crippen molar-refractivity contribution in [1.29, 1.82) is 0 Å². The third-order valence-corrected chi connectivity index (χ3v) is 7.52. The summed E-state index contributed by atoms with van der Waals surface area (Å²) >= 11 is 0. The summed E-state index contributed by atoms with van der Waals surface area (Å²) in [5.74, 6) is 2.41. The van der Waals surface area contributed by atoms with E-state index in [4.69, 9.17) is 9.47 Å². The number of esters is 1. The van der Waals surface area contributed by atoms with Crippen LogP contribution in [0.2, 0.25) is 0 Å². The number of hydrogen-bond donors (Lipinski definition) is 0. The average Bonchev–Trinajstić information content (AvgIpc) is 3.67. The van der Waals surface area contributed by atoms with Gasteiger partial charge in [0.25, 0.3) is 0 Å². The Labute approximate surface area is 191 Å². The summed E-state index contributed by atoms with van der Waals surface area (Å²) in [5, 5.41) is 0. The first kappa shape index (κ1) is 22.8. The van der Waals surface area contributed by atoms with Crippen molar-refractivity contribution < 1.29 is 18.7 Å². The SMILES string of the molecule is COC(=O)CC(c1cccc(CC[C@H]2CC[C@H](c3cc(OC)ccc3F)CC2)c1)C1CC1. The Morgan fingerprint density at radius 2 is 1.81 bits per heavy atom. The number of methoxy groups -OCH3 is 2. The van der Waals surface area contributed by atoms with E-state index in [2.05, 4.69) is 24.3 Å². The van der Waals surface area contributed by atoms with E-state index in [1.54, 1.807) is 13.2 Å². The van der Waals surface area contributed by atoms with E-state index in [0.29, 0.717) is 24.2 Å². The highest BCUT2D eigenvalue weighted by molar-refractivity contribution is 5.70. The number of carbonyl (C=O) groups is 1. The summed E-state index contributed by atoms with van der Waals surface area (Å²) < 4.78 is 24.6. The molecule has 0 aromatic heterocycles. The van der Waals surface area contributed by atoms with Crippen molar-refractivity contribution >= 4 is 5.97 Å². The monoisotopic (exact) mass is 438 g/mol. The van der Waals surface area contributed by atoms with Crippen molar-refractivity contribution in [2.75, 3.05) is 14.2 Å². The Kier molecular flexibility index (Phi) is 7.49. The van der Waals surface area contributed by atoms with E-state index in [1.807, 2.05) is 6.07 Å². The molecular weight excluding hydrogens is 403 g/mol. The zero-order valence-corrected chi connectivity index (χ0v) is 19.3. The quantitative estimate of drug-likeness (QED) is 0.404. The van der Waals surface area contributed by atoms with Crippen molar-refractivity contribution in [2.45, 2.75) is 69.6 Å². The molecule has 0 N–H and O–H groups in total. The fourth-order valence-corrected chi connectivity index (χ4v) is 5.39. The second kappa shape index (κ2) is 10.5. The maximum Gasteiger partial charge on any atom is 0.306 e. The molecule has 2 aromatic rings. The average molecular weight is 439 g/mol. The van der Waals surface area contributed by atoms with Gasteiger partial charge in [0.15, 0.2) is 0 Å². The number of aryl methyl sites for hydroxylation is 1. The van der Waals surface area contributed by atoms with Crippen molar-refractivity contribution in [2.24, 2.45) is 11.8 Å². The van der Waals surface area contributed by atoms with Crippen molar-refractivity contribution in [3.8, 4) is 5.75 Å². The van der Waals surface area contributed by atoms with Gasteiger partial charge in [0.05, 0.1) is 20.6 Å². The molecule has 1 atom stereocenters. The molecule has 4 heteroatoms. The van der Waals surface area contributed by atoms with Gasteiger partial charge in [0.1, 0.15) is 11.6 Å². The Bertz CT molecular complexity index is 913. The van der Waals surface area contributed by atoms with Crippen molar-refractivity contribution in [1.82, 2.24) is 0 Å². The third kappa shape index (κ3) is 5.70. The number of hydrogen-bond acceptors (Lipinski definition) is 3. The fraction of sp³-hybridized carbons (Fsp3) is 0.536. The first-order valence-corrected chi connectivity index (χ1v) is 12.1. The molecule has 2 aromatic carbocycles. The Morgan fingerprint density at radius 3 is 2.50 bits per heavy atom. The van der Waals surface area contributed by atoms with Crippen molar-refractivity contribution in [3.05, 3.63) is 65.0 Å². The van der Waals surface area contributed by atoms with Crippen LogP contribution in [-0.2, 0) is 16.0 Å². The highest BCUT2D eigenvalue weighted by atomic mass is 19.1. The Morgan fingerprint density at radius 1 is 1.03 bits per heavy atom. The second-order valence-corrected chi connectivity index (χ2v) is 9.61. The topological polar surface area (TPSA) is 35.5 Å². The van der Waals surface area contributed by atoms with Crippen LogP contribution < -0.4 is 4.74 Å². The van der Waals surface area contributed by atoms with E-state index in [-0.39, 0.29) is 17.7 Å². The zero-order chi connectivity index (χ0) is 22.5. The summed E-state index contributed by atoms with van der Waals surface area (Å²) in [7, 11) is 3.10. The van der Waals surface area contributed by atoms with Crippen LogP contribution in [0.5, 0.6) is 5.75 Å². The molecular formula is C28H35FO3. The molecule has 0 heterocycles. The van der Waals surface area contributed by atoms with Crippen LogP contribution in [0.1, 0.15) is 79.9 Å². The summed E-state index contributed by atoms with van der Waals surface area (Å²) in [5.41, 5.74) is 3.46. The molecule has 2 aliphatic rings. The molecule has 32 heavy (non-hydrogen) atoms. The van der Waals surface area contributed by atoms with Gasteiger partial charge in [-0.3, -0.25) is 4.79 Å². The number of carbonyl (C=O) groups excluding carboxylic acids is 1. The van der Waals surface area contributed by atoms with Gasteiger partial charge < -0.3 is 9.47 Å². The Hall–Kier alpha value is -2.36. The lowest BCUT2D eigenvalue weighted by Crippen LogP contribution is -2.15. The van der Waals surface area contributed by atoms with E-state index in [0.717, 1.165) is 43.4 Å². The molecule has 2 saturated carbocycles. The van der Waals surface area contributed by atoms with E-state index < -0.39 is 0 Å². The van der Waals surface area contributed by atoms with Gasteiger partial charge in [-0.05, 0) is 110 Å². The predicted molar refractivity (Wildman–Crippen MR) is 125 cm³/mol. The predicted octanol–water partition coefficient (Wildman–Crippen LogP) is 6.80. The van der Waals surface area contributed by atoms with Crippen LogP contribution in [0.25, 0.3) is 0 Å². The minimum atomic E-state index is -0.114. The fourth-order valence-electron chi connectivity index (χ4n) is 5.39. The summed E-state index contributed by atoms with van der Waals surface area (Å²) in [4.78, 5) is 11.9. The first-order valence-electron chi connectivity index (χ1n) is 12.1. The second-order valence-electron chi connectivity index (χ2n) is 9.61. The molecule has 4 rings (SSSR count). The lowest BCUT2D eigenvalue weighted by molar-refractivity contribution is -0.141. The molecule has 0 saturated heterocycles. The molecule has 0 bridgehead atoms. The maximum atomic E-state index is 14.3. The highest BCUT2D eigenvalue weighted by Crippen LogP contribution is 2.45.